The summed E-state index contributed by atoms with van der Waals surface area (Å²) in [5, 5.41) is 11.3. The monoisotopic (exact) mass is 334 g/mol. The third-order valence-electron chi connectivity index (χ3n) is 4.91. The number of amides is 1. The van der Waals surface area contributed by atoms with Crippen LogP contribution in [0.5, 0.6) is 0 Å². The van der Waals surface area contributed by atoms with E-state index in [1.54, 1.807) is 16.7 Å². The minimum Gasteiger partial charge on any atom is -0.548 e. The Morgan fingerprint density at radius 1 is 1.30 bits per heavy atom. The summed E-state index contributed by atoms with van der Waals surface area (Å²) in [7, 11) is 0. The lowest BCUT2D eigenvalue weighted by molar-refractivity contribution is -0.919. The molecule has 1 aromatic rings. The summed E-state index contributed by atoms with van der Waals surface area (Å²) in [5.74, 6) is -0.852. The molecular weight excluding hydrogens is 312 g/mol. The fourth-order valence-electron chi connectivity index (χ4n) is 3.78. The average molecular weight is 334 g/mol. The fourth-order valence-corrected chi connectivity index (χ4v) is 5.42. The van der Waals surface area contributed by atoms with Gasteiger partial charge >= 0.3 is 0 Å². The molecule has 0 aromatic heterocycles. The van der Waals surface area contributed by atoms with E-state index in [2.05, 4.69) is 24.3 Å². The van der Waals surface area contributed by atoms with Gasteiger partial charge in [0, 0.05) is 31.1 Å². The lowest BCUT2D eigenvalue weighted by Crippen LogP contribution is -3.12. The molecule has 2 heterocycles. The van der Waals surface area contributed by atoms with Crippen LogP contribution in [0.1, 0.15) is 25.3 Å². The Hall–Kier alpha value is -1.53. The average Bonchev–Trinajstić information content (AvgIpc) is 2.90. The molecule has 2 fully saturated rings. The number of carbonyl (C=O) groups excluding carboxylic acids is 2. The van der Waals surface area contributed by atoms with Gasteiger partial charge < -0.3 is 19.7 Å². The third-order valence-corrected chi connectivity index (χ3v) is 6.53. The van der Waals surface area contributed by atoms with Crippen LogP contribution < -0.4 is 10.0 Å². The Morgan fingerprint density at radius 2 is 1.96 bits per heavy atom. The topological polar surface area (TPSA) is 64.9 Å². The molecule has 0 unspecified atom stereocenters. The van der Waals surface area contributed by atoms with Gasteiger partial charge in [0.2, 0.25) is 5.91 Å². The largest absolute Gasteiger partial charge is 0.548 e. The van der Waals surface area contributed by atoms with E-state index in [1.165, 1.54) is 17.4 Å². The Kier molecular flexibility index (Phi) is 4.64. The minimum absolute atomic E-state index is 0.157. The van der Waals surface area contributed by atoms with Crippen LogP contribution in [0.2, 0.25) is 0 Å². The summed E-state index contributed by atoms with van der Waals surface area (Å²) < 4.78 is 0. The van der Waals surface area contributed by atoms with Crippen LogP contribution in [0.25, 0.3) is 0 Å². The number of hydrogen-bond donors (Lipinski definition) is 1. The number of rotatable bonds is 3. The first-order valence-electron chi connectivity index (χ1n) is 8.04. The number of hydrogen-bond acceptors (Lipinski definition) is 4. The fraction of sp³-hybridized carbons (Fsp3) is 0.529. The molecular formula is C17H22N2O3S. The number of piperidine rings is 1. The van der Waals surface area contributed by atoms with Crippen molar-refractivity contribution in [1.29, 1.82) is 0 Å². The molecule has 6 heteroatoms. The van der Waals surface area contributed by atoms with E-state index in [4.69, 9.17) is 0 Å². The van der Waals surface area contributed by atoms with Crippen LogP contribution in [-0.2, 0) is 16.1 Å². The van der Waals surface area contributed by atoms with Gasteiger partial charge in [-0.1, -0.05) is 30.3 Å². The summed E-state index contributed by atoms with van der Waals surface area (Å²) in [5.41, 5.74) is 1.31. The molecule has 1 spiro atoms. The smallest absolute Gasteiger partial charge is 0.221 e. The van der Waals surface area contributed by atoms with E-state index in [-0.39, 0.29) is 10.8 Å². The first kappa shape index (κ1) is 16.3. The number of benzene rings is 1. The van der Waals surface area contributed by atoms with Gasteiger partial charge in [0.1, 0.15) is 11.4 Å². The lowest BCUT2D eigenvalue weighted by Gasteiger charge is -2.43. The quantitative estimate of drug-likeness (QED) is 0.792. The Balaban J connectivity index is 1.67. The Labute approximate surface area is 140 Å². The van der Waals surface area contributed by atoms with Crippen molar-refractivity contribution in [3.8, 4) is 0 Å². The Bertz CT molecular complexity index is 585. The highest BCUT2D eigenvalue weighted by Crippen LogP contribution is 2.44. The second-order valence-electron chi connectivity index (χ2n) is 6.39. The molecule has 5 nitrogen and oxygen atoms in total. The maximum absolute atomic E-state index is 12.0. The van der Waals surface area contributed by atoms with Crippen LogP contribution in [0.4, 0.5) is 0 Å². The maximum Gasteiger partial charge on any atom is 0.221 e. The predicted molar refractivity (Wildman–Crippen MR) is 86.6 cm³/mol. The Morgan fingerprint density at radius 3 is 2.52 bits per heavy atom. The molecule has 0 radical (unpaired) electrons. The summed E-state index contributed by atoms with van der Waals surface area (Å²) in [6.07, 6.45) is 1.67. The van der Waals surface area contributed by atoms with E-state index in [1.807, 2.05) is 6.07 Å². The van der Waals surface area contributed by atoms with E-state index >= 15 is 0 Å². The molecule has 0 saturated carbocycles. The van der Waals surface area contributed by atoms with E-state index in [9.17, 15) is 14.7 Å². The summed E-state index contributed by atoms with van der Waals surface area (Å²) in [6.45, 7) is 4.34. The number of carboxylic acids is 1. The molecule has 1 N–H and O–H groups in total. The number of carboxylic acid groups (broad SMARTS) is 1. The van der Waals surface area contributed by atoms with Crippen molar-refractivity contribution in [3.05, 3.63) is 35.9 Å². The van der Waals surface area contributed by atoms with Crippen LogP contribution in [0.3, 0.4) is 0 Å². The summed E-state index contributed by atoms with van der Waals surface area (Å²) >= 11 is 1.62. The minimum atomic E-state index is -1.14. The van der Waals surface area contributed by atoms with E-state index < -0.39 is 12.0 Å². The molecule has 0 aliphatic carbocycles. The van der Waals surface area contributed by atoms with Gasteiger partial charge in [0.05, 0.1) is 25.1 Å². The highest BCUT2D eigenvalue weighted by Gasteiger charge is 2.51. The molecule has 1 aromatic carbocycles. The van der Waals surface area contributed by atoms with Crippen molar-refractivity contribution in [2.75, 3.05) is 18.8 Å². The maximum atomic E-state index is 12.0. The van der Waals surface area contributed by atoms with Gasteiger partial charge in [0.25, 0.3) is 0 Å². The van der Waals surface area contributed by atoms with Crippen LogP contribution in [0, 0.1) is 0 Å². The highest BCUT2D eigenvalue weighted by atomic mass is 32.2. The third kappa shape index (κ3) is 3.23. The van der Waals surface area contributed by atoms with Gasteiger partial charge in [0.15, 0.2) is 0 Å². The zero-order valence-corrected chi connectivity index (χ0v) is 14.1. The van der Waals surface area contributed by atoms with Gasteiger partial charge in [-0.25, -0.2) is 0 Å². The number of nitrogens with one attached hydrogen (secondary N) is 1. The van der Waals surface area contributed by atoms with Crippen molar-refractivity contribution in [2.45, 2.75) is 37.2 Å². The molecule has 1 atom stereocenters. The van der Waals surface area contributed by atoms with E-state index in [0.717, 1.165) is 32.5 Å². The van der Waals surface area contributed by atoms with E-state index in [0.29, 0.717) is 5.75 Å². The van der Waals surface area contributed by atoms with Gasteiger partial charge in [-0.05, 0) is 0 Å². The van der Waals surface area contributed by atoms with Crippen LogP contribution in [-0.4, -0.2) is 46.5 Å². The summed E-state index contributed by atoms with van der Waals surface area (Å²) in [6, 6.07) is 9.60. The normalized spacial score (nSPS) is 30.6. The number of quaternary nitrogens is 1. The van der Waals surface area contributed by atoms with Crippen molar-refractivity contribution in [2.24, 2.45) is 0 Å². The zero-order valence-electron chi connectivity index (χ0n) is 13.3. The molecule has 1 amide bonds. The number of carbonyl (C=O) groups is 2. The SMILES string of the molecule is CC(=O)N1[C@@H](C(=O)[O-])CSC12CC[NH+](Cc1ccccc1)CC2. The molecule has 23 heavy (non-hydrogen) atoms. The van der Waals surface area contributed by atoms with Gasteiger partial charge in [-0.2, -0.15) is 0 Å². The van der Waals surface area contributed by atoms with Gasteiger partial charge in [-0.15, -0.1) is 11.8 Å². The number of thioether (sulfide) groups is 1. The van der Waals surface area contributed by atoms with Crippen LogP contribution >= 0.6 is 11.8 Å². The molecule has 0 bridgehead atoms. The summed E-state index contributed by atoms with van der Waals surface area (Å²) in [4.78, 5) is 26.1. The van der Waals surface area contributed by atoms with Crippen molar-refractivity contribution in [3.63, 3.8) is 0 Å². The first-order valence-corrected chi connectivity index (χ1v) is 9.03. The highest BCUT2D eigenvalue weighted by molar-refractivity contribution is 8.01. The molecule has 124 valence electrons. The molecule has 2 aliphatic heterocycles. The van der Waals surface area contributed by atoms with Crippen molar-refractivity contribution < 1.29 is 19.6 Å². The standard InChI is InChI=1S/C17H22N2O3S/c1-13(20)19-15(16(21)22)12-23-17(19)7-9-18(10-8-17)11-14-5-3-2-4-6-14/h2-6,15H,7-12H2,1H3,(H,21,22)/t15-/m1/s1. The predicted octanol–water partition coefficient (Wildman–Crippen LogP) is -0.725. The number of likely N-dealkylation sites (tertiary alicyclic amines) is 1. The van der Waals surface area contributed by atoms with Crippen LogP contribution in [0.15, 0.2) is 30.3 Å². The second kappa shape index (κ2) is 6.53. The zero-order chi connectivity index (χ0) is 16.4. The van der Waals surface area contributed by atoms with Crippen molar-refractivity contribution in [1.82, 2.24) is 4.90 Å². The lowest BCUT2D eigenvalue weighted by atomic mass is 10.00. The molecule has 2 aliphatic rings. The number of nitrogens with zero attached hydrogens (tertiary/aromatic N) is 1. The van der Waals surface area contributed by atoms with Gasteiger partial charge in [-0.3, -0.25) is 4.79 Å². The first-order chi connectivity index (χ1) is 11.0. The van der Waals surface area contributed by atoms with Crippen molar-refractivity contribution >= 4 is 23.6 Å². The molecule has 3 rings (SSSR count). The second-order valence-corrected chi connectivity index (χ2v) is 7.78. The number of aliphatic carboxylic acids is 1. The molecule has 2 saturated heterocycles.